The minimum atomic E-state index is -3.93. The van der Waals surface area contributed by atoms with Crippen molar-refractivity contribution in [2.24, 2.45) is 4.99 Å². The summed E-state index contributed by atoms with van der Waals surface area (Å²) in [5, 5.41) is 6.88. The fourth-order valence-corrected chi connectivity index (χ4v) is 6.06. The number of hydrogen-bond acceptors (Lipinski definition) is 6. The van der Waals surface area contributed by atoms with Gasteiger partial charge >= 0.3 is 6.09 Å². The van der Waals surface area contributed by atoms with E-state index in [0.29, 0.717) is 10.7 Å². The smallest absolute Gasteiger partial charge is 0.437 e. The molecule has 194 valence electrons. The lowest BCUT2D eigenvalue weighted by Crippen LogP contribution is -2.61. The highest BCUT2D eigenvalue weighted by atomic mass is 35.5. The molecule has 12 heteroatoms. The zero-order chi connectivity index (χ0) is 26.5. The Morgan fingerprint density at radius 3 is 2.78 bits per heavy atom. The van der Waals surface area contributed by atoms with Crippen LogP contribution in [0.3, 0.4) is 0 Å². The number of guanidine groups is 1. The maximum Gasteiger partial charge on any atom is 0.437 e. The molecular weight excluding hydrogens is 509 g/mol. The number of sulfonamides is 1. The van der Waals surface area contributed by atoms with Crippen LogP contribution in [-0.2, 0) is 26.7 Å². The van der Waals surface area contributed by atoms with Gasteiger partial charge < -0.3 is 15.4 Å². The third-order valence-electron chi connectivity index (χ3n) is 6.08. The van der Waals surface area contributed by atoms with Crippen molar-refractivity contribution < 1.29 is 22.3 Å². The number of anilines is 1. The Morgan fingerprint density at radius 2 is 2.08 bits per heavy atom. The van der Waals surface area contributed by atoms with Gasteiger partial charge in [-0.15, -0.1) is 4.99 Å². The van der Waals surface area contributed by atoms with Crippen molar-refractivity contribution in [1.82, 2.24) is 14.6 Å². The molecule has 1 amide bonds. The van der Waals surface area contributed by atoms with Crippen LogP contribution >= 0.6 is 11.6 Å². The Balaban J connectivity index is 1.66. The van der Waals surface area contributed by atoms with Crippen molar-refractivity contribution in [2.75, 3.05) is 18.1 Å². The van der Waals surface area contributed by atoms with E-state index in [2.05, 4.69) is 20.6 Å². The number of fused-ring (bicyclic) bond motifs is 1. The monoisotopic (exact) mass is 537 g/mol. The van der Waals surface area contributed by atoms with E-state index in [0.717, 1.165) is 28.4 Å². The summed E-state index contributed by atoms with van der Waals surface area (Å²) in [6.07, 6.45) is 2.23. The van der Waals surface area contributed by atoms with Crippen LogP contribution in [0.5, 0.6) is 0 Å². The van der Waals surface area contributed by atoms with Crippen LogP contribution in [0, 0.1) is 5.82 Å². The van der Waals surface area contributed by atoms with Crippen molar-refractivity contribution in [3.8, 4) is 0 Å². The van der Waals surface area contributed by atoms with Gasteiger partial charge in [-0.25, -0.2) is 21.9 Å². The van der Waals surface area contributed by atoms with Crippen LogP contribution in [0.2, 0.25) is 5.02 Å². The molecule has 0 radical (unpaired) electrons. The van der Waals surface area contributed by atoms with E-state index in [4.69, 9.17) is 16.3 Å². The lowest BCUT2D eigenvalue weighted by Gasteiger charge is -2.40. The van der Waals surface area contributed by atoms with E-state index in [9.17, 15) is 13.2 Å². The first-order valence-corrected chi connectivity index (χ1v) is 13.4. The predicted molar refractivity (Wildman–Crippen MR) is 136 cm³/mol. The maximum absolute atomic E-state index is 15.1. The van der Waals surface area contributed by atoms with Crippen molar-refractivity contribution in [2.45, 2.75) is 57.7 Å². The molecular formula is C24H29ClFN5O4S. The van der Waals surface area contributed by atoms with Crippen LogP contribution < -0.4 is 10.6 Å². The number of aliphatic imine (C=N–C) groups is 1. The molecule has 1 aliphatic heterocycles. The van der Waals surface area contributed by atoms with E-state index in [1.54, 1.807) is 46.0 Å². The number of halogens is 2. The van der Waals surface area contributed by atoms with E-state index < -0.39 is 38.8 Å². The average Bonchev–Trinajstić information content (AvgIpc) is 3.13. The van der Waals surface area contributed by atoms with Gasteiger partial charge in [-0.2, -0.15) is 0 Å². The zero-order valence-electron chi connectivity index (χ0n) is 20.7. The number of pyridine rings is 1. The predicted octanol–water partition coefficient (Wildman–Crippen LogP) is 4.34. The Morgan fingerprint density at radius 1 is 1.36 bits per heavy atom. The molecule has 2 N–H and O–H groups in total. The van der Waals surface area contributed by atoms with Gasteiger partial charge in [0.25, 0.3) is 0 Å². The van der Waals surface area contributed by atoms with E-state index in [-0.39, 0.29) is 17.6 Å². The molecule has 0 bridgehead atoms. The number of nitrogens with one attached hydrogen (secondary N) is 2. The SMILES string of the molecule is CN1/C(=N\C(=O)OC(C)(C)C)N[C@](C)(c2cc(NC3CCc4ncc(Cl)cc43)ccc2F)CS1(=O)=O. The van der Waals surface area contributed by atoms with Crippen LogP contribution in [0.25, 0.3) is 0 Å². The van der Waals surface area contributed by atoms with Gasteiger partial charge in [-0.3, -0.25) is 4.98 Å². The van der Waals surface area contributed by atoms with Crippen molar-refractivity contribution in [1.29, 1.82) is 0 Å². The Hall–Kier alpha value is -2.92. The molecule has 0 saturated carbocycles. The second-order valence-electron chi connectivity index (χ2n) is 10.2. The van der Waals surface area contributed by atoms with Crippen molar-refractivity contribution in [3.63, 3.8) is 0 Å². The Kier molecular flexibility index (Phi) is 6.67. The average molecular weight is 538 g/mol. The molecule has 36 heavy (non-hydrogen) atoms. The minimum absolute atomic E-state index is 0.0733. The fraction of sp³-hybridized carbons (Fsp3) is 0.458. The summed E-state index contributed by atoms with van der Waals surface area (Å²) in [6.45, 7) is 6.57. The summed E-state index contributed by atoms with van der Waals surface area (Å²) in [5.41, 5.74) is 0.426. The molecule has 1 saturated heterocycles. The second-order valence-corrected chi connectivity index (χ2v) is 12.7. The van der Waals surface area contributed by atoms with E-state index >= 15 is 4.39 Å². The molecule has 4 rings (SSSR count). The van der Waals surface area contributed by atoms with Gasteiger partial charge in [0.05, 0.1) is 22.4 Å². The van der Waals surface area contributed by atoms with Crippen molar-refractivity contribution >= 4 is 39.4 Å². The second kappa shape index (κ2) is 9.19. The third-order valence-corrected chi connectivity index (χ3v) is 8.24. The normalized spacial score (nSPS) is 24.2. The minimum Gasteiger partial charge on any atom is -0.442 e. The van der Waals surface area contributed by atoms with Gasteiger partial charge in [0, 0.05) is 30.2 Å². The molecule has 2 atom stereocenters. The summed E-state index contributed by atoms with van der Waals surface area (Å²) < 4.78 is 47.2. The lowest BCUT2D eigenvalue weighted by atomic mass is 9.92. The number of rotatable bonds is 3. The summed E-state index contributed by atoms with van der Waals surface area (Å²) in [6, 6.07) is 6.24. The number of carbonyl (C=O) groups excluding carboxylic acids is 1. The van der Waals surface area contributed by atoms with Crippen LogP contribution in [0.4, 0.5) is 14.9 Å². The molecule has 1 aromatic heterocycles. The van der Waals surface area contributed by atoms with Crippen LogP contribution in [-0.4, -0.2) is 48.2 Å². The number of benzene rings is 1. The van der Waals surface area contributed by atoms with Gasteiger partial charge in [0.15, 0.2) is 0 Å². The summed E-state index contributed by atoms with van der Waals surface area (Å²) >= 11 is 6.13. The molecule has 2 aromatic rings. The molecule has 2 heterocycles. The topological polar surface area (TPSA) is 113 Å². The number of amides is 1. The lowest BCUT2D eigenvalue weighted by molar-refractivity contribution is 0.0602. The van der Waals surface area contributed by atoms with E-state index in [1.165, 1.54) is 13.1 Å². The number of ether oxygens (including phenoxy) is 1. The molecule has 1 aliphatic carbocycles. The number of aromatic nitrogens is 1. The van der Waals surface area contributed by atoms with Crippen LogP contribution in [0.15, 0.2) is 35.5 Å². The molecule has 1 unspecified atom stereocenters. The number of hydrogen-bond donors (Lipinski definition) is 2. The van der Waals surface area contributed by atoms with E-state index in [1.807, 2.05) is 6.07 Å². The highest BCUT2D eigenvalue weighted by Crippen LogP contribution is 2.36. The molecule has 1 aromatic carbocycles. The standard InChI is InChI=1S/C24H29ClFN5O4S/c1-23(2,3)35-22(32)29-21-30-24(4,13-36(33,34)31(21)5)17-11-15(6-7-18(17)26)28-20-9-8-19-16(20)10-14(25)12-27-19/h6-7,10-12,20,28H,8-9,13H2,1-5H3,(H,29,30,32)/t20?,24-/m0/s1. The summed E-state index contributed by atoms with van der Waals surface area (Å²) in [4.78, 5) is 20.5. The highest BCUT2D eigenvalue weighted by Gasteiger charge is 2.44. The fourth-order valence-electron chi connectivity index (χ4n) is 4.39. The van der Waals surface area contributed by atoms with Gasteiger partial charge in [-0.1, -0.05) is 11.6 Å². The number of carbonyl (C=O) groups is 1. The summed E-state index contributed by atoms with van der Waals surface area (Å²) in [7, 11) is -2.66. The Labute approximate surface area is 215 Å². The Bertz CT molecular complexity index is 1340. The van der Waals surface area contributed by atoms with Gasteiger partial charge in [0.1, 0.15) is 11.4 Å². The molecule has 0 spiro atoms. The first-order chi connectivity index (χ1) is 16.7. The van der Waals surface area contributed by atoms with Gasteiger partial charge in [-0.05, 0) is 70.4 Å². The highest BCUT2D eigenvalue weighted by molar-refractivity contribution is 7.89. The van der Waals surface area contributed by atoms with Crippen LogP contribution in [0.1, 0.15) is 57.0 Å². The molecule has 2 aliphatic rings. The maximum atomic E-state index is 15.1. The summed E-state index contributed by atoms with van der Waals surface area (Å²) in [5.74, 6) is -1.29. The largest absolute Gasteiger partial charge is 0.442 e. The number of nitrogens with zero attached hydrogens (tertiary/aromatic N) is 3. The van der Waals surface area contributed by atoms with Gasteiger partial charge in [0.2, 0.25) is 16.0 Å². The zero-order valence-corrected chi connectivity index (χ0v) is 22.3. The third kappa shape index (κ3) is 5.41. The molecule has 9 nitrogen and oxygen atoms in total. The first-order valence-electron chi connectivity index (χ1n) is 11.4. The quantitative estimate of drug-likeness (QED) is 0.598. The number of aryl methyl sites for hydroxylation is 1. The first kappa shape index (κ1) is 26.2. The molecule has 1 fully saturated rings. The van der Waals surface area contributed by atoms with Crippen molar-refractivity contribution in [3.05, 3.63) is 58.1 Å².